The number of hydrogen-bond acceptors (Lipinski definition) is 5. The van der Waals surface area contributed by atoms with E-state index in [0.717, 1.165) is 19.5 Å². The molecule has 0 amide bonds. The normalized spacial score (nSPS) is 24.7. The van der Waals surface area contributed by atoms with E-state index in [1.807, 2.05) is 0 Å². The van der Waals surface area contributed by atoms with Crippen LogP contribution >= 0.6 is 0 Å². The molecular formula is C13H20F5N3O2. The number of esters is 1. The fourth-order valence-corrected chi connectivity index (χ4v) is 2.66. The van der Waals surface area contributed by atoms with E-state index in [1.54, 1.807) is 4.90 Å². The summed E-state index contributed by atoms with van der Waals surface area (Å²) < 4.78 is 66.6. The van der Waals surface area contributed by atoms with Crippen molar-refractivity contribution in [2.24, 2.45) is 5.92 Å². The Morgan fingerprint density at radius 2 is 1.96 bits per heavy atom. The molecule has 134 valence electrons. The maximum atomic E-state index is 12.5. The zero-order valence-electron chi connectivity index (χ0n) is 12.5. The molecule has 0 aromatic heterocycles. The lowest BCUT2D eigenvalue weighted by Gasteiger charge is -2.41. The molecule has 2 aliphatic rings. The molecule has 0 spiro atoms. The van der Waals surface area contributed by atoms with E-state index in [0.29, 0.717) is 25.6 Å². The van der Waals surface area contributed by atoms with Gasteiger partial charge in [0.2, 0.25) is 0 Å². The van der Waals surface area contributed by atoms with Gasteiger partial charge in [0.15, 0.2) is 6.23 Å². The van der Waals surface area contributed by atoms with Gasteiger partial charge in [-0.1, -0.05) is 0 Å². The lowest BCUT2D eigenvalue weighted by molar-refractivity contribution is -0.217. The molecule has 5 nitrogen and oxygen atoms in total. The number of hydrogen-bond donors (Lipinski definition) is 1. The first kappa shape index (κ1) is 18.3. The third-order valence-corrected chi connectivity index (χ3v) is 4.09. The third kappa shape index (κ3) is 5.54. The molecule has 1 N–H and O–H groups in total. The fraction of sp³-hybridized carbons (Fsp3) is 0.923. The maximum absolute atomic E-state index is 12.5. The quantitative estimate of drug-likeness (QED) is 0.573. The summed E-state index contributed by atoms with van der Waals surface area (Å²) >= 11 is 0. The number of alkyl halides is 5. The van der Waals surface area contributed by atoms with Crippen molar-refractivity contribution in [1.82, 2.24) is 15.1 Å². The van der Waals surface area contributed by atoms with Gasteiger partial charge in [-0.2, -0.15) is 13.2 Å². The van der Waals surface area contributed by atoms with Gasteiger partial charge in [0.25, 0.3) is 6.43 Å². The average molecular weight is 345 g/mol. The highest BCUT2D eigenvalue weighted by Crippen LogP contribution is 2.21. The SMILES string of the molecule is O=C(OC1CN(CC(F)F)CCN1CCC1CNC1)C(F)(F)F. The minimum atomic E-state index is -5.09. The van der Waals surface area contributed by atoms with Crippen LogP contribution < -0.4 is 5.32 Å². The summed E-state index contributed by atoms with van der Waals surface area (Å²) in [6.07, 6.45) is -8.05. The van der Waals surface area contributed by atoms with E-state index >= 15 is 0 Å². The molecule has 0 saturated carbocycles. The number of ether oxygens (including phenoxy) is 1. The Bertz CT molecular complexity index is 404. The molecule has 0 radical (unpaired) electrons. The van der Waals surface area contributed by atoms with Gasteiger partial charge < -0.3 is 10.1 Å². The van der Waals surface area contributed by atoms with Crippen molar-refractivity contribution in [3.63, 3.8) is 0 Å². The molecule has 2 saturated heterocycles. The molecule has 2 heterocycles. The molecule has 2 fully saturated rings. The first-order valence-electron chi connectivity index (χ1n) is 7.49. The molecule has 1 atom stereocenters. The van der Waals surface area contributed by atoms with Crippen molar-refractivity contribution < 1.29 is 31.5 Å². The highest BCUT2D eigenvalue weighted by molar-refractivity contribution is 5.75. The van der Waals surface area contributed by atoms with E-state index in [9.17, 15) is 26.7 Å². The number of halogens is 5. The summed E-state index contributed by atoms with van der Waals surface area (Å²) in [6.45, 7) is 2.12. The van der Waals surface area contributed by atoms with Crippen molar-refractivity contribution in [2.45, 2.75) is 25.3 Å². The number of piperazine rings is 1. The highest BCUT2D eigenvalue weighted by atomic mass is 19.4. The van der Waals surface area contributed by atoms with Gasteiger partial charge in [0, 0.05) is 26.2 Å². The monoisotopic (exact) mass is 345 g/mol. The van der Waals surface area contributed by atoms with Crippen LogP contribution in [-0.2, 0) is 9.53 Å². The lowest BCUT2D eigenvalue weighted by atomic mass is 9.99. The van der Waals surface area contributed by atoms with Crippen LogP contribution in [0.25, 0.3) is 0 Å². The van der Waals surface area contributed by atoms with Gasteiger partial charge in [0.05, 0.1) is 6.54 Å². The maximum Gasteiger partial charge on any atom is 0.490 e. The first-order valence-corrected chi connectivity index (χ1v) is 7.49. The average Bonchev–Trinajstić information content (AvgIpc) is 2.37. The van der Waals surface area contributed by atoms with Gasteiger partial charge in [-0.15, -0.1) is 0 Å². The van der Waals surface area contributed by atoms with Crippen molar-refractivity contribution in [3.05, 3.63) is 0 Å². The molecule has 10 heteroatoms. The molecule has 0 bridgehead atoms. The predicted molar refractivity (Wildman–Crippen MR) is 70.9 cm³/mol. The second-order valence-corrected chi connectivity index (χ2v) is 5.86. The van der Waals surface area contributed by atoms with Crippen LogP contribution in [0.3, 0.4) is 0 Å². The molecule has 23 heavy (non-hydrogen) atoms. The van der Waals surface area contributed by atoms with Crippen LogP contribution in [0.4, 0.5) is 22.0 Å². The van der Waals surface area contributed by atoms with Crippen molar-refractivity contribution in [1.29, 1.82) is 0 Å². The molecule has 0 aliphatic carbocycles. The van der Waals surface area contributed by atoms with Crippen LogP contribution in [0.5, 0.6) is 0 Å². The molecule has 1 unspecified atom stereocenters. The number of carbonyl (C=O) groups is 1. The van der Waals surface area contributed by atoms with E-state index in [-0.39, 0.29) is 6.54 Å². The minimum absolute atomic E-state index is 0.144. The van der Waals surface area contributed by atoms with E-state index < -0.39 is 31.3 Å². The van der Waals surface area contributed by atoms with Crippen molar-refractivity contribution in [3.8, 4) is 0 Å². The van der Waals surface area contributed by atoms with Gasteiger partial charge in [-0.05, 0) is 25.4 Å². The van der Waals surface area contributed by atoms with Gasteiger partial charge >= 0.3 is 12.1 Å². The Labute approximate surface area is 130 Å². The zero-order valence-corrected chi connectivity index (χ0v) is 12.5. The van der Waals surface area contributed by atoms with Gasteiger partial charge in [0.1, 0.15) is 0 Å². The Kier molecular flexibility index (Phi) is 6.15. The standard InChI is InChI=1S/C13H20F5N3O2/c14-10(15)7-20-3-4-21(2-1-9-5-19-6-9)11(8-20)23-12(22)13(16,17)18/h9-11,19H,1-8H2. The second kappa shape index (κ2) is 7.71. The topological polar surface area (TPSA) is 44.8 Å². The summed E-state index contributed by atoms with van der Waals surface area (Å²) in [5.74, 6) is -1.83. The predicted octanol–water partition coefficient (Wildman–Crippen LogP) is 0.910. The summed E-state index contributed by atoms with van der Waals surface area (Å²) in [6, 6.07) is 0. The number of nitrogens with zero attached hydrogens (tertiary/aromatic N) is 2. The summed E-state index contributed by atoms with van der Waals surface area (Å²) in [5, 5.41) is 3.10. The molecule has 0 aromatic carbocycles. The Balaban J connectivity index is 1.92. The Hall–Kier alpha value is -1.00. The minimum Gasteiger partial charge on any atom is -0.438 e. The van der Waals surface area contributed by atoms with Crippen LogP contribution in [-0.4, -0.2) is 80.4 Å². The van der Waals surface area contributed by atoms with Gasteiger partial charge in [-0.3, -0.25) is 9.80 Å². The van der Waals surface area contributed by atoms with Crippen molar-refractivity contribution >= 4 is 5.97 Å². The Morgan fingerprint density at radius 3 is 2.48 bits per heavy atom. The summed E-state index contributed by atoms with van der Waals surface area (Å²) in [5.41, 5.74) is 0. The molecule has 2 rings (SSSR count). The van der Waals surface area contributed by atoms with E-state index in [1.165, 1.54) is 4.90 Å². The van der Waals surface area contributed by atoms with Gasteiger partial charge in [-0.25, -0.2) is 13.6 Å². The van der Waals surface area contributed by atoms with E-state index in [4.69, 9.17) is 0 Å². The highest BCUT2D eigenvalue weighted by Gasteiger charge is 2.44. The molecule has 0 aromatic rings. The van der Waals surface area contributed by atoms with Crippen LogP contribution in [0, 0.1) is 5.92 Å². The largest absolute Gasteiger partial charge is 0.490 e. The second-order valence-electron chi connectivity index (χ2n) is 5.86. The zero-order chi connectivity index (χ0) is 17.0. The van der Waals surface area contributed by atoms with Crippen molar-refractivity contribution in [2.75, 3.05) is 45.8 Å². The number of nitrogens with one attached hydrogen (secondary N) is 1. The van der Waals surface area contributed by atoms with Crippen LogP contribution in [0.2, 0.25) is 0 Å². The lowest BCUT2D eigenvalue weighted by Crippen LogP contribution is -2.57. The summed E-state index contributed by atoms with van der Waals surface area (Å²) in [4.78, 5) is 14.0. The fourth-order valence-electron chi connectivity index (χ4n) is 2.66. The molecular weight excluding hydrogens is 325 g/mol. The third-order valence-electron chi connectivity index (χ3n) is 4.09. The number of carbonyl (C=O) groups excluding carboxylic acids is 1. The van der Waals surface area contributed by atoms with E-state index in [2.05, 4.69) is 10.1 Å². The number of rotatable bonds is 6. The Morgan fingerprint density at radius 1 is 1.26 bits per heavy atom. The van der Waals surface area contributed by atoms with Crippen LogP contribution in [0.15, 0.2) is 0 Å². The first-order chi connectivity index (χ1) is 10.8. The molecule has 2 aliphatic heterocycles. The van der Waals surface area contributed by atoms with Crippen LogP contribution in [0.1, 0.15) is 6.42 Å². The smallest absolute Gasteiger partial charge is 0.438 e. The summed E-state index contributed by atoms with van der Waals surface area (Å²) in [7, 11) is 0.